The predicted octanol–water partition coefficient (Wildman–Crippen LogP) is 2.30. The molecule has 2 aromatic rings. The summed E-state index contributed by atoms with van der Waals surface area (Å²) < 4.78 is 1.87. The van der Waals surface area contributed by atoms with Crippen LogP contribution in [0.25, 0.3) is 0 Å². The Morgan fingerprint density at radius 1 is 1.26 bits per heavy atom. The highest BCUT2D eigenvalue weighted by Crippen LogP contribution is 2.18. The normalized spacial score (nSPS) is 10.8. The second-order valence-corrected chi connectivity index (χ2v) is 5.63. The van der Waals surface area contributed by atoms with Crippen LogP contribution in [0.1, 0.15) is 17.7 Å². The molecule has 19 heavy (non-hydrogen) atoms. The molecule has 102 valence electrons. The number of benzene rings is 1. The van der Waals surface area contributed by atoms with Crippen molar-refractivity contribution in [2.75, 3.05) is 12.4 Å². The molecule has 0 unspecified atom stereocenters. The number of aliphatic hydroxyl groups is 1. The third-order valence-electron chi connectivity index (χ3n) is 2.79. The van der Waals surface area contributed by atoms with Gasteiger partial charge in [-0.2, -0.15) is 0 Å². The molecule has 0 aliphatic carbocycles. The molecule has 0 saturated carbocycles. The number of aryl methyl sites for hydroxylation is 3. The van der Waals surface area contributed by atoms with Gasteiger partial charge < -0.3 is 5.11 Å². The number of rotatable bonds is 7. The van der Waals surface area contributed by atoms with E-state index in [1.165, 1.54) is 10.5 Å². The highest BCUT2D eigenvalue weighted by molar-refractivity contribution is 7.99. The van der Waals surface area contributed by atoms with E-state index in [2.05, 4.69) is 41.5 Å². The number of aliphatic hydroxyl groups excluding tert-OH is 1. The highest BCUT2D eigenvalue weighted by Gasteiger charge is 2.01. The summed E-state index contributed by atoms with van der Waals surface area (Å²) in [6.45, 7) is 3.15. The van der Waals surface area contributed by atoms with Gasteiger partial charge in [-0.25, -0.2) is 0 Å². The lowest BCUT2D eigenvalue weighted by molar-refractivity contribution is 0.288. The van der Waals surface area contributed by atoms with Crippen molar-refractivity contribution in [1.82, 2.24) is 15.0 Å². The Morgan fingerprint density at radius 2 is 2.05 bits per heavy atom. The van der Waals surface area contributed by atoms with Crippen molar-refractivity contribution in [1.29, 1.82) is 0 Å². The van der Waals surface area contributed by atoms with Crippen LogP contribution >= 0.6 is 11.8 Å². The fourth-order valence-corrected chi connectivity index (χ4v) is 2.56. The zero-order valence-corrected chi connectivity index (χ0v) is 11.9. The summed E-state index contributed by atoms with van der Waals surface area (Å²) in [5.41, 5.74) is 2.24. The van der Waals surface area contributed by atoms with E-state index in [1.807, 2.05) is 22.6 Å². The Labute approximate surface area is 117 Å². The largest absolute Gasteiger partial charge is 0.396 e. The van der Waals surface area contributed by atoms with E-state index >= 15 is 0 Å². The van der Waals surface area contributed by atoms with Gasteiger partial charge in [0.2, 0.25) is 0 Å². The molecule has 0 bridgehead atoms. The van der Waals surface area contributed by atoms with Crippen LogP contribution in [0.2, 0.25) is 0 Å². The molecular weight excluding hydrogens is 258 g/mol. The average Bonchev–Trinajstić information content (AvgIpc) is 2.87. The van der Waals surface area contributed by atoms with E-state index in [1.54, 1.807) is 0 Å². The van der Waals surface area contributed by atoms with Crippen LogP contribution in [0, 0.1) is 6.92 Å². The minimum absolute atomic E-state index is 0.204. The van der Waals surface area contributed by atoms with Gasteiger partial charge in [0.25, 0.3) is 0 Å². The van der Waals surface area contributed by atoms with Crippen LogP contribution in [0.15, 0.2) is 35.4 Å². The lowest BCUT2D eigenvalue weighted by atomic mass is 10.2. The minimum atomic E-state index is 0.204. The number of thioether (sulfide) groups is 1. The average molecular weight is 277 g/mol. The van der Waals surface area contributed by atoms with E-state index in [0.717, 1.165) is 30.8 Å². The molecule has 0 saturated heterocycles. The zero-order chi connectivity index (χ0) is 13.5. The van der Waals surface area contributed by atoms with Crippen LogP contribution in [0.5, 0.6) is 0 Å². The maximum Gasteiger partial charge on any atom is 0.0828 e. The molecule has 5 heteroatoms. The number of hydrogen-bond donors (Lipinski definition) is 1. The van der Waals surface area contributed by atoms with E-state index in [4.69, 9.17) is 5.11 Å². The van der Waals surface area contributed by atoms with Crippen molar-refractivity contribution in [3.63, 3.8) is 0 Å². The van der Waals surface area contributed by atoms with Crippen molar-refractivity contribution in [2.24, 2.45) is 0 Å². The van der Waals surface area contributed by atoms with Gasteiger partial charge in [-0.1, -0.05) is 22.9 Å². The third-order valence-corrected chi connectivity index (χ3v) is 3.78. The molecular formula is C14H19N3OS. The van der Waals surface area contributed by atoms with E-state index in [9.17, 15) is 0 Å². The second-order valence-electron chi connectivity index (χ2n) is 4.46. The Hall–Kier alpha value is -1.33. The maximum absolute atomic E-state index is 8.76. The predicted molar refractivity (Wildman–Crippen MR) is 77.3 cm³/mol. The molecule has 1 N–H and O–H groups in total. The summed E-state index contributed by atoms with van der Waals surface area (Å²) in [5, 5.41) is 16.9. The van der Waals surface area contributed by atoms with Crippen LogP contribution in [-0.4, -0.2) is 32.5 Å². The second kappa shape index (κ2) is 7.31. The molecule has 2 rings (SSSR count). The monoisotopic (exact) mass is 277 g/mol. The molecule has 1 aromatic carbocycles. The summed E-state index contributed by atoms with van der Waals surface area (Å²) >= 11 is 1.82. The molecule has 0 aliphatic heterocycles. The van der Waals surface area contributed by atoms with Crippen molar-refractivity contribution in [3.05, 3.63) is 41.7 Å². The van der Waals surface area contributed by atoms with Crippen molar-refractivity contribution >= 4 is 11.8 Å². The molecule has 1 aromatic heterocycles. The van der Waals surface area contributed by atoms with Crippen molar-refractivity contribution in [2.45, 2.75) is 31.2 Å². The number of nitrogens with zero attached hydrogens (tertiary/aromatic N) is 3. The summed E-state index contributed by atoms with van der Waals surface area (Å²) in [5.74, 6) is 0.978. The molecule has 0 aliphatic rings. The Kier molecular flexibility index (Phi) is 5.42. The first-order valence-corrected chi connectivity index (χ1v) is 7.46. The van der Waals surface area contributed by atoms with E-state index < -0.39 is 0 Å². The Morgan fingerprint density at radius 3 is 2.79 bits per heavy atom. The fraction of sp³-hybridized carbons (Fsp3) is 0.429. The lowest BCUT2D eigenvalue weighted by Gasteiger charge is -2.02. The molecule has 0 atom stereocenters. The summed E-state index contributed by atoms with van der Waals surface area (Å²) in [4.78, 5) is 1.28. The third kappa shape index (κ3) is 4.69. The molecule has 0 spiro atoms. The molecule has 0 radical (unpaired) electrons. The van der Waals surface area contributed by atoms with Gasteiger partial charge in [-0.3, -0.25) is 4.68 Å². The molecule has 0 amide bonds. The van der Waals surface area contributed by atoms with Crippen LogP contribution < -0.4 is 0 Å². The van der Waals surface area contributed by atoms with Gasteiger partial charge in [-0.05, 0) is 31.9 Å². The first-order valence-electron chi connectivity index (χ1n) is 6.47. The first kappa shape index (κ1) is 14.1. The SMILES string of the molecule is Cc1ccc(SCCn2cc(CCCO)nn2)cc1. The van der Waals surface area contributed by atoms with Gasteiger partial charge in [0.15, 0.2) is 0 Å². The van der Waals surface area contributed by atoms with Crippen molar-refractivity contribution < 1.29 is 5.11 Å². The van der Waals surface area contributed by atoms with Gasteiger partial charge >= 0.3 is 0 Å². The number of hydrogen-bond acceptors (Lipinski definition) is 4. The maximum atomic E-state index is 8.76. The fourth-order valence-electron chi connectivity index (χ4n) is 1.71. The van der Waals surface area contributed by atoms with E-state index in [-0.39, 0.29) is 6.61 Å². The molecule has 1 heterocycles. The highest BCUT2D eigenvalue weighted by atomic mass is 32.2. The van der Waals surface area contributed by atoms with Crippen molar-refractivity contribution in [3.8, 4) is 0 Å². The molecule has 4 nitrogen and oxygen atoms in total. The van der Waals surface area contributed by atoms with Gasteiger partial charge in [0, 0.05) is 23.5 Å². The zero-order valence-electron chi connectivity index (χ0n) is 11.1. The Balaban J connectivity index is 1.76. The van der Waals surface area contributed by atoms with Gasteiger partial charge in [0.05, 0.1) is 12.2 Å². The van der Waals surface area contributed by atoms with Gasteiger partial charge in [-0.15, -0.1) is 16.9 Å². The molecule has 0 fully saturated rings. The van der Waals surface area contributed by atoms with Crippen LogP contribution in [0.3, 0.4) is 0 Å². The van der Waals surface area contributed by atoms with E-state index in [0.29, 0.717) is 0 Å². The summed E-state index contributed by atoms with van der Waals surface area (Å²) in [6, 6.07) is 8.55. The first-order chi connectivity index (χ1) is 9.28. The topological polar surface area (TPSA) is 50.9 Å². The quantitative estimate of drug-likeness (QED) is 0.789. The summed E-state index contributed by atoms with van der Waals surface area (Å²) in [7, 11) is 0. The number of aromatic nitrogens is 3. The standard InChI is InChI=1S/C14H19N3OS/c1-12-4-6-14(7-5-12)19-10-8-17-11-13(15-16-17)3-2-9-18/h4-7,11,18H,2-3,8-10H2,1H3. The van der Waals surface area contributed by atoms with Gasteiger partial charge in [0.1, 0.15) is 0 Å². The summed E-state index contributed by atoms with van der Waals surface area (Å²) in [6.07, 6.45) is 3.50. The van der Waals surface area contributed by atoms with Crippen LogP contribution in [-0.2, 0) is 13.0 Å². The van der Waals surface area contributed by atoms with Crippen LogP contribution in [0.4, 0.5) is 0 Å². The minimum Gasteiger partial charge on any atom is -0.396 e. The smallest absolute Gasteiger partial charge is 0.0828 e. The lowest BCUT2D eigenvalue weighted by Crippen LogP contribution is -2.01. The Bertz CT molecular complexity index is 496.